The van der Waals surface area contributed by atoms with E-state index in [4.69, 9.17) is 0 Å². The van der Waals surface area contributed by atoms with Crippen molar-refractivity contribution < 1.29 is 8.78 Å². The molecule has 0 saturated heterocycles. The molecule has 0 fully saturated rings. The Bertz CT molecular complexity index is 547. The standard InChI is InChI=1S/C16H17F2N/c1-11-4-3-5-15(12(11)2)19-10-13-6-8-14(9-7-13)16(17)18/h3-9,16,19H,10H2,1-2H3. The highest BCUT2D eigenvalue weighted by Gasteiger charge is 2.06. The molecule has 2 aromatic carbocycles. The first kappa shape index (κ1) is 13.5. The van der Waals surface area contributed by atoms with Crippen LogP contribution in [0.1, 0.15) is 28.7 Å². The lowest BCUT2D eigenvalue weighted by molar-refractivity contribution is 0.151. The van der Waals surface area contributed by atoms with Gasteiger partial charge in [-0.25, -0.2) is 8.78 Å². The zero-order valence-electron chi connectivity index (χ0n) is 11.1. The molecular formula is C16H17F2N. The van der Waals surface area contributed by atoms with Gasteiger partial charge < -0.3 is 5.32 Å². The van der Waals surface area contributed by atoms with Gasteiger partial charge in [-0.3, -0.25) is 0 Å². The fourth-order valence-electron chi connectivity index (χ4n) is 1.92. The van der Waals surface area contributed by atoms with Gasteiger partial charge in [-0.05, 0) is 36.6 Å². The lowest BCUT2D eigenvalue weighted by Crippen LogP contribution is -2.02. The van der Waals surface area contributed by atoms with Crippen molar-refractivity contribution in [3.8, 4) is 0 Å². The maximum atomic E-state index is 12.4. The van der Waals surface area contributed by atoms with Crippen LogP contribution in [0.4, 0.5) is 14.5 Å². The first-order valence-corrected chi connectivity index (χ1v) is 6.25. The van der Waals surface area contributed by atoms with Crippen molar-refractivity contribution in [1.82, 2.24) is 0 Å². The fraction of sp³-hybridized carbons (Fsp3) is 0.250. The number of nitrogens with one attached hydrogen (secondary N) is 1. The van der Waals surface area contributed by atoms with Crippen molar-refractivity contribution in [2.75, 3.05) is 5.32 Å². The molecule has 0 atom stereocenters. The predicted molar refractivity (Wildman–Crippen MR) is 74.6 cm³/mol. The van der Waals surface area contributed by atoms with E-state index in [0.29, 0.717) is 6.54 Å². The minimum absolute atomic E-state index is 0.0653. The molecule has 1 nitrogen and oxygen atoms in total. The largest absolute Gasteiger partial charge is 0.381 e. The van der Waals surface area contributed by atoms with Crippen LogP contribution in [0.5, 0.6) is 0 Å². The van der Waals surface area contributed by atoms with Crippen molar-refractivity contribution in [3.63, 3.8) is 0 Å². The lowest BCUT2D eigenvalue weighted by Gasteiger charge is -2.11. The molecule has 0 radical (unpaired) electrons. The average Bonchev–Trinajstić information content (AvgIpc) is 2.41. The maximum absolute atomic E-state index is 12.4. The Labute approximate surface area is 112 Å². The van der Waals surface area contributed by atoms with E-state index in [1.54, 1.807) is 12.1 Å². The number of anilines is 1. The minimum Gasteiger partial charge on any atom is -0.381 e. The van der Waals surface area contributed by atoms with Crippen LogP contribution >= 0.6 is 0 Å². The van der Waals surface area contributed by atoms with Crippen LogP contribution < -0.4 is 5.32 Å². The Hall–Kier alpha value is -1.90. The Morgan fingerprint density at radius 1 is 1.00 bits per heavy atom. The van der Waals surface area contributed by atoms with E-state index in [1.165, 1.54) is 23.3 Å². The van der Waals surface area contributed by atoms with Crippen LogP contribution in [0.25, 0.3) is 0 Å². The Kier molecular flexibility index (Phi) is 4.15. The first-order chi connectivity index (χ1) is 9.08. The summed E-state index contributed by atoms with van der Waals surface area (Å²) < 4.78 is 24.9. The molecule has 2 aromatic rings. The van der Waals surface area contributed by atoms with Gasteiger partial charge in [0.1, 0.15) is 0 Å². The van der Waals surface area contributed by atoms with E-state index in [0.717, 1.165) is 11.3 Å². The molecule has 100 valence electrons. The summed E-state index contributed by atoms with van der Waals surface area (Å²) in [5.74, 6) is 0. The number of benzene rings is 2. The monoisotopic (exact) mass is 261 g/mol. The van der Waals surface area contributed by atoms with Gasteiger partial charge in [-0.2, -0.15) is 0 Å². The van der Waals surface area contributed by atoms with Gasteiger partial charge in [0.2, 0.25) is 0 Å². The number of aryl methyl sites for hydroxylation is 1. The summed E-state index contributed by atoms with van der Waals surface area (Å²) >= 11 is 0. The van der Waals surface area contributed by atoms with Crippen LogP contribution in [0.3, 0.4) is 0 Å². The second kappa shape index (κ2) is 5.83. The maximum Gasteiger partial charge on any atom is 0.263 e. The number of hydrogen-bond donors (Lipinski definition) is 1. The predicted octanol–water partition coefficient (Wildman–Crippen LogP) is 4.85. The molecule has 0 aromatic heterocycles. The molecule has 3 heteroatoms. The van der Waals surface area contributed by atoms with Gasteiger partial charge in [0.25, 0.3) is 6.43 Å². The Morgan fingerprint density at radius 2 is 1.68 bits per heavy atom. The molecule has 19 heavy (non-hydrogen) atoms. The summed E-state index contributed by atoms with van der Waals surface area (Å²) in [6.45, 7) is 4.77. The number of alkyl halides is 2. The van der Waals surface area contributed by atoms with Gasteiger partial charge >= 0.3 is 0 Å². The van der Waals surface area contributed by atoms with E-state index in [1.807, 2.05) is 12.1 Å². The molecular weight excluding hydrogens is 244 g/mol. The van der Waals surface area contributed by atoms with E-state index in [9.17, 15) is 8.78 Å². The highest BCUT2D eigenvalue weighted by atomic mass is 19.3. The third-order valence-electron chi connectivity index (χ3n) is 3.32. The Morgan fingerprint density at radius 3 is 2.32 bits per heavy atom. The second-order valence-electron chi connectivity index (χ2n) is 4.64. The molecule has 0 spiro atoms. The van der Waals surface area contributed by atoms with Crippen molar-refractivity contribution in [2.45, 2.75) is 26.8 Å². The zero-order valence-corrected chi connectivity index (χ0v) is 11.1. The third-order valence-corrected chi connectivity index (χ3v) is 3.32. The molecule has 0 amide bonds. The SMILES string of the molecule is Cc1cccc(NCc2ccc(C(F)F)cc2)c1C. The highest BCUT2D eigenvalue weighted by molar-refractivity contribution is 5.53. The van der Waals surface area contributed by atoms with E-state index in [2.05, 4.69) is 25.2 Å². The van der Waals surface area contributed by atoms with Crippen molar-refractivity contribution >= 4 is 5.69 Å². The second-order valence-corrected chi connectivity index (χ2v) is 4.64. The van der Waals surface area contributed by atoms with Crippen LogP contribution in [0.2, 0.25) is 0 Å². The Balaban J connectivity index is 2.04. The third kappa shape index (κ3) is 3.31. The molecule has 0 bridgehead atoms. The van der Waals surface area contributed by atoms with Crippen LogP contribution in [-0.2, 0) is 6.54 Å². The fourth-order valence-corrected chi connectivity index (χ4v) is 1.92. The number of hydrogen-bond acceptors (Lipinski definition) is 1. The van der Waals surface area contributed by atoms with Gasteiger partial charge in [-0.15, -0.1) is 0 Å². The summed E-state index contributed by atoms with van der Waals surface area (Å²) in [4.78, 5) is 0. The van der Waals surface area contributed by atoms with Gasteiger partial charge in [0.05, 0.1) is 0 Å². The summed E-state index contributed by atoms with van der Waals surface area (Å²) in [5.41, 5.74) is 4.59. The highest BCUT2D eigenvalue weighted by Crippen LogP contribution is 2.21. The number of rotatable bonds is 4. The molecule has 0 aliphatic rings. The molecule has 0 unspecified atom stereocenters. The molecule has 0 aliphatic heterocycles. The van der Waals surface area contributed by atoms with Crippen LogP contribution in [0, 0.1) is 13.8 Å². The molecule has 0 heterocycles. The van der Waals surface area contributed by atoms with E-state index >= 15 is 0 Å². The summed E-state index contributed by atoms with van der Waals surface area (Å²) in [5, 5.41) is 3.33. The van der Waals surface area contributed by atoms with Crippen LogP contribution in [0.15, 0.2) is 42.5 Å². The quantitative estimate of drug-likeness (QED) is 0.829. The smallest absolute Gasteiger partial charge is 0.263 e. The van der Waals surface area contributed by atoms with E-state index < -0.39 is 6.43 Å². The molecule has 0 aliphatic carbocycles. The lowest BCUT2D eigenvalue weighted by atomic mass is 10.1. The van der Waals surface area contributed by atoms with Gasteiger partial charge in [0, 0.05) is 17.8 Å². The van der Waals surface area contributed by atoms with Crippen molar-refractivity contribution in [1.29, 1.82) is 0 Å². The van der Waals surface area contributed by atoms with E-state index in [-0.39, 0.29) is 5.56 Å². The average molecular weight is 261 g/mol. The van der Waals surface area contributed by atoms with Crippen molar-refractivity contribution in [2.24, 2.45) is 0 Å². The normalized spacial score (nSPS) is 10.8. The van der Waals surface area contributed by atoms with Gasteiger partial charge in [-0.1, -0.05) is 36.4 Å². The topological polar surface area (TPSA) is 12.0 Å². The first-order valence-electron chi connectivity index (χ1n) is 6.25. The van der Waals surface area contributed by atoms with Crippen molar-refractivity contribution in [3.05, 3.63) is 64.7 Å². The summed E-state index contributed by atoms with van der Waals surface area (Å²) in [6.07, 6.45) is -2.40. The zero-order chi connectivity index (χ0) is 13.8. The molecule has 1 N–H and O–H groups in total. The van der Waals surface area contributed by atoms with Gasteiger partial charge in [0.15, 0.2) is 0 Å². The van der Waals surface area contributed by atoms with Crippen LogP contribution in [-0.4, -0.2) is 0 Å². The molecule has 0 saturated carbocycles. The number of halogens is 2. The minimum atomic E-state index is -2.40. The summed E-state index contributed by atoms with van der Waals surface area (Å²) in [7, 11) is 0. The molecule has 2 rings (SSSR count). The summed E-state index contributed by atoms with van der Waals surface area (Å²) in [6, 6.07) is 12.5.